The molecule has 2 N–H and O–H groups in total. The van der Waals surface area contributed by atoms with E-state index in [-0.39, 0.29) is 5.91 Å². The zero-order valence-corrected chi connectivity index (χ0v) is 8.97. The molecule has 0 aromatic heterocycles. The molecule has 13 heavy (non-hydrogen) atoms. The zero-order valence-electron chi connectivity index (χ0n) is 8.15. The maximum absolute atomic E-state index is 10.8. The Labute approximate surface area is 79.0 Å². The third-order valence-corrected chi connectivity index (χ3v) is 3.33. The Hall–Kier alpha value is -0.620. The monoisotopic (exact) mass is 208 g/mol. The van der Waals surface area contributed by atoms with Crippen LogP contribution >= 0.6 is 0 Å². The lowest BCUT2D eigenvalue weighted by molar-refractivity contribution is -0.127. The summed E-state index contributed by atoms with van der Waals surface area (Å²) in [6.07, 6.45) is 0.370. The number of nitrogens with zero attached hydrogens (tertiary/aromatic N) is 1. The molecule has 0 rings (SSSR count). The van der Waals surface area contributed by atoms with Crippen LogP contribution in [-0.4, -0.2) is 38.1 Å². The minimum Gasteiger partial charge on any atom is -0.346 e. The van der Waals surface area contributed by atoms with Crippen LogP contribution in [0.5, 0.6) is 0 Å². The Bertz CT molecular complexity index is 273. The summed E-state index contributed by atoms with van der Waals surface area (Å²) >= 11 is 0. The van der Waals surface area contributed by atoms with E-state index in [1.54, 1.807) is 7.05 Å². The van der Waals surface area contributed by atoms with Crippen molar-refractivity contribution in [2.24, 2.45) is 5.14 Å². The third kappa shape index (κ3) is 4.84. The Balaban J connectivity index is 3.98. The minimum atomic E-state index is -3.46. The van der Waals surface area contributed by atoms with Crippen LogP contribution in [0.1, 0.15) is 20.3 Å². The van der Waals surface area contributed by atoms with Gasteiger partial charge in [-0.15, -0.1) is 0 Å². The maximum atomic E-state index is 10.8. The summed E-state index contributed by atoms with van der Waals surface area (Å²) in [5.74, 6) is -0.0818. The smallest absolute Gasteiger partial charge is 0.219 e. The van der Waals surface area contributed by atoms with Crippen LogP contribution < -0.4 is 5.14 Å². The Morgan fingerprint density at radius 2 is 2.00 bits per heavy atom. The average Bonchev–Trinajstić information content (AvgIpc) is 1.97. The lowest BCUT2D eigenvalue weighted by atomic mass is 10.3. The molecular formula is C7H16N2O3S. The van der Waals surface area contributed by atoms with E-state index in [4.69, 9.17) is 5.14 Å². The molecular weight excluding hydrogens is 192 g/mol. The number of primary sulfonamides is 1. The van der Waals surface area contributed by atoms with E-state index in [2.05, 4.69) is 0 Å². The van der Waals surface area contributed by atoms with Gasteiger partial charge in [0.2, 0.25) is 15.9 Å². The average molecular weight is 208 g/mol. The van der Waals surface area contributed by atoms with E-state index in [1.165, 1.54) is 18.7 Å². The predicted molar refractivity (Wildman–Crippen MR) is 50.5 cm³/mol. The van der Waals surface area contributed by atoms with Gasteiger partial charge in [-0.05, 0) is 13.3 Å². The molecule has 0 aromatic carbocycles. The molecule has 0 radical (unpaired) electrons. The number of hydrogen-bond acceptors (Lipinski definition) is 3. The van der Waals surface area contributed by atoms with Crippen molar-refractivity contribution in [2.75, 3.05) is 13.6 Å². The predicted octanol–water partition coefficient (Wildman–Crippen LogP) is -0.468. The van der Waals surface area contributed by atoms with Gasteiger partial charge in [-0.25, -0.2) is 13.6 Å². The zero-order chi connectivity index (χ0) is 10.6. The normalized spacial score (nSPS) is 13.8. The molecule has 0 heterocycles. The van der Waals surface area contributed by atoms with E-state index < -0.39 is 15.3 Å². The molecule has 6 heteroatoms. The summed E-state index contributed by atoms with van der Waals surface area (Å²) in [4.78, 5) is 12.2. The molecule has 0 aromatic rings. The molecule has 0 aliphatic rings. The summed E-state index contributed by atoms with van der Waals surface area (Å²) in [6.45, 7) is 3.37. The topological polar surface area (TPSA) is 80.5 Å². The van der Waals surface area contributed by atoms with Gasteiger partial charge in [0.25, 0.3) is 0 Å². The van der Waals surface area contributed by atoms with Crippen LogP contribution in [0.2, 0.25) is 0 Å². The van der Waals surface area contributed by atoms with Crippen molar-refractivity contribution in [3.63, 3.8) is 0 Å². The highest BCUT2D eigenvalue weighted by atomic mass is 32.2. The fraction of sp³-hybridized carbons (Fsp3) is 0.857. The van der Waals surface area contributed by atoms with E-state index >= 15 is 0 Å². The molecule has 1 amide bonds. The third-order valence-electron chi connectivity index (χ3n) is 1.97. The first kappa shape index (κ1) is 12.4. The van der Waals surface area contributed by atoms with Gasteiger partial charge in [0.15, 0.2) is 0 Å². The van der Waals surface area contributed by atoms with Gasteiger partial charge in [-0.1, -0.05) is 0 Å². The lowest BCUT2D eigenvalue weighted by Crippen LogP contribution is -2.32. The lowest BCUT2D eigenvalue weighted by Gasteiger charge is -2.16. The van der Waals surface area contributed by atoms with Crippen molar-refractivity contribution in [1.82, 2.24) is 4.90 Å². The van der Waals surface area contributed by atoms with E-state index in [0.29, 0.717) is 13.0 Å². The first-order chi connectivity index (χ1) is 5.75. The molecule has 78 valence electrons. The summed E-state index contributed by atoms with van der Waals surface area (Å²) in [6, 6.07) is 0. The molecule has 0 spiro atoms. The van der Waals surface area contributed by atoms with E-state index in [0.717, 1.165) is 0 Å². The van der Waals surface area contributed by atoms with Crippen LogP contribution in [0.25, 0.3) is 0 Å². The molecule has 1 atom stereocenters. The second kappa shape index (κ2) is 4.57. The number of hydrogen-bond donors (Lipinski definition) is 1. The van der Waals surface area contributed by atoms with Crippen LogP contribution in [0.3, 0.4) is 0 Å². The summed E-state index contributed by atoms with van der Waals surface area (Å²) in [7, 11) is -1.84. The number of rotatable bonds is 4. The van der Waals surface area contributed by atoms with E-state index in [9.17, 15) is 13.2 Å². The number of nitrogens with two attached hydrogens (primary N) is 1. The first-order valence-electron chi connectivity index (χ1n) is 3.98. The number of amides is 1. The van der Waals surface area contributed by atoms with Crippen molar-refractivity contribution in [3.8, 4) is 0 Å². The van der Waals surface area contributed by atoms with Crippen molar-refractivity contribution in [2.45, 2.75) is 25.5 Å². The quantitative estimate of drug-likeness (QED) is 0.678. The second-order valence-corrected chi connectivity index (χ2v) is 5.11. The number of carbonyl (C=O) groups excluding carboxylic acids is 1. The van der Waals surface area contributed by atoms with Crippen LogP contribution in [0.15, 0.2) is 0 Å². The Kier molecular flexibility index (Phi) is 4.35. The van der Waals surface area contributed by atoms with Gasteiger partial charge >= 0.3 is 0 Å². The highest BCUT2D eigenvalue weighted by molar-refractivity contribution is 7.89. The van der Waals surface area contributed by atoms with Gasteiger partial charge in [0.05, 0.1) is 5.25 Å². The van der Waals surface area contributed by atoms with Crippen LogP contribution in [0.4, 0.5) is 0 Å². The SMILES string of the molecule is CC(=O)N(C)CCC(C)S(N)(=O)=O. The Morgan fingerprint density at radius 3 is 2.31 bits per heavy atom. The van der Waals surface area contributed by atoms with Gasteiger partial charge in [0.1, 0.15) is 0 Å². The number of sulfonamides is 1. The summed E-state index contributed by atoms with van der Waals surface area (Å²) in [5, 5.41) is 4.31. The maximum Gasteiger partial charge on any atom is 0.219 e. The molecule has 5 nitrogen and oxygen atoms in total. The van der Waals surface area contributed by atoms with Crippen molar-refractivity contribution in [1.29, 1.82) is 0 Å². The molecule has 1 unspecified atom stereocenters. The minimum absolute atomic E-state index is 0.0818. The molecule has 0 bridgehead atoms. The first-order valence-corrected chi connectivity index (χ1v) is 5.59. The van der Waals surface area contributed by atoms with Crippen molar-refractivity contribution >= 4 is 15.9 Å². The second-order valence-electron chi connectivity index (χ2n) is 3.13. The van der Waals surface area contributed by atoms with Crippen LogP contribution in [0, 0.1) is 0 Å². The fourth-order valence-electron chi connectivity index (χ4n) is 0.697. The van der Waals surface area contributed by atoms with Gasteiger partial charge < -0.3 is 4.90 Å². The highest BCUT2D eigenvalue weighted by Crippen LogP contribution is 2.01. The van der Waals surface area contributed by atoms with Gasteiger partial charge in [-0.3, -0.25) is 4.79 Å². The summed E-state index contributed by atoms with van der Waals surface area (Å²) < 4.78 is 21.6. The standard InChI is InChI=1S/C7H16N2O3S/c1-6(13(8,11)12)4-5-9(3)7(2)10/h6H,4-5H2,1-3H3,(H2,8,11,12). The molecule has 0 saturated heterocycles. The molecule has 0 fully saturated rings. The highest BCUT2D eigenvalue weighted by Gasteiger charge is 2.16. The van der Waals surface area contributed by atoms with Crippen molar-refractivity contribution < 1.29 is 13.2 Å². The summed E-state index contributed by atoms with van der Waals surface area (Å²) in [5.41, 5.74) is 0. The van der Waals surface area contributed by atoms with Gasteiger partial charge in [-0.2, -0.15) is 0 Å². The molecule has 0 aliphatic carbocycles. The fourth-order valence-corrected chi connectivity index (χ4v) is 1.13. The van der Waals surface area contributed by atoms with Crippen molar-refractivity contribution in [3.05, 3.63) is 0 Å². The van der Waals surface area contributed by atoms with Gasteiger partial charge in [0, 0.05) is 20.5 Å². The van der Waals surface area contributed by atoms with E-state index in [1.807, 2.05) is 0 Å². The molecule has 0 aliphatic heterocycles. The Morgan fingerprint density at radius 1 is 1.54 bits per heavy atom. The number of carbonyl (C=O) groups is 1. The largest absolute Gasteiger partial charge is 0.346 e. The van der Waals surface area contributed by atoms with Crippen LogP contribution in [-0.2, 0) is 14.8 Å². The molecule has 0 saturated carbocycles.